The standard InChI is InChI=1S/C4H6F3NO.C3H6.CHN/c1-3(9)8-2-4(5,6)7;1-2-3-1;1-2/h2H2,1H3,(H,8,9);1-3H2;1H. The van der Waals surface area contributed by atoms with Crippen LogP contribution < -0.4 is 5.32 Å². The highest BCUT2D eigenvalue weighted by molar-refractivity contribution is 5.72. The molecule has 1 aliphatic carbocycles. The Bertz CT molecular complexity index is 172. The lowest BCUT2D eigenvalue weighted by atomic mass is 10.6. The first-order valence-electron chi connectivity index (χ1n) is 3.99. The van der Waals surface area contributed by atoms with Crippen LogP contribution in [0.5, 0.6) is 0 Å². The summed E-state index contributed by atoms with van der Waals surface area (Å²) in [5, 5.41) is 8.12. The van der Waals surface area contributed by atoms with Crippen LogP contribution in [0.4, 0.5) is 13.2 Å². The maximum atomic E-state index is 11.2. The summed E-state index contributed by atoms with van der Waals surface area (Å²) < 4.78 is 33.6. The van der Waals surface area contributed by atoms with E-state index in [1.165, 1.54) is 19.3 Å². The number of carbonyl (C=O) groups excluding carboxylic acids is 1. The summed E-state index contributed by atoms with van der Waals surface area (Å²) in [6.45, 7) is 3.29. The van der Waals surface area contributed by atoms with Crippen LogP contribution in [0.1, 0.15) is 26.2 Å². The lowest BCUT2D eigenvalue weighted by molar-refractivity contribution is -0.137. The van der Waals surface area contributed by atoms with Crippen LogP contribution in [-0.2, 0) is 4.79 Å². The number of alkyl halides is 3. The maximum Gasteiger partial charge on any atom is 0.405 e. The average Bonchev–Trinajstić information content (AvgIpc) is 2.89. The fourth-order valence-electron chi connectivity index (χ4n) is 0.225. The van der Waals surface area contributed by atoms with Gasteiger partial charge in [-0.2, -0.15) is 13.2 Å². The molecule has 1 saturated carbocycles. The molecule has 6 heteroatoms. The molecule has 14 heavy (non-hydrogen) atoms. The molecule has 0 atom stereocenters. The van der Waals surface area contributed by atoms with Crippen molar-refractivity contribution in [3.05, 3.63) is 0 Å². The fourth-order valence-corrected chi connectivity index (χ4v) is 0.225. The molecule has 0 aromatic rings. The van der Waals surface area contributed by atoms with Gasteiger partial charge in [0, 0.05) is 13.5 Å². The lowest BCUT2D eigenvalue weighted by Crippen LogP contribution is -2.31. The summed E-state index contributed by atoms with van der Waals surface area (Å²) in [5.74, 6) is -0.674. The smallest absolute Gasteiger partial charge is 0.347 e. The molecule has 82 valence electrons. The van der Waals surface area contributed by atoms with E-state index in [2.05, 4.69) is 6.57 Å². The second-order valence-corrected chi connectivity index (χ2v) is 2.59. The number of hydrogen-bond acceptors (Lipinski definition) is 2. The molecule has 0 radical (unpaired) electrons. The summed E-state index contributed by atoms with van der Waals surface area (Å²) >= 11 is 0. The quantitative estimate of drug-likeness (QED) is 0.719. The Hall–Kier alpha value is -1.25. The summed E-state index contributed by atoms with van der Waals surface area (Å²) in [5.41, 5.74) is 0. The van der Waals surface area contributed by atoms with Crippen LogP contribution in [-0.4, -0.2) is 18.6 Å². The molecule has 0 bridgehead atoms. The third kappa shape index (κ3) is 30.9. The van der Waals surface area contributed by atoms with Crippen LogP contribution in [0.25, 0.3) is 0 Å². The zero-order valence-corrected chi connectivity index (χ0v) is 7.90. The van der Waals surface area contributed by atoms with Crippen molar-refractivity contribution in [2.45, 2.75) is 32.4 Å². The molecule has 3 nitrogen and oxygen atoms in total. The Morgan fingerprint density at radius 1 is 1.36 bits per heavy atom. The third-order valence-electron chi connectivity index (χ3n) is 0.891. The van der Waals surface area contributed by atoms with E-state index in [1.54, 1.807) is 5.32 Å². The maximum absolute atomic E-state index is 11.2. The number of rotatable bonds is 1. The molecule has 1 rings (SSSR count). The summed E-state index contributed by atoms with van der Waals surface area (Å²) in [7, 11) is 0. The first kappa shape index (κ1) is 15.2. The Morgan fingerprint density at radius 3 is 1.79 bits per heavy atom. The van der Waals surface area contributed by atoms with Crippen molar-refractivity contribution in [1.29, 1.82) is 5.26 Å². The molecule has 1 amide bonds. The lowest BCUT2D eigenvalue weighted by Gasteiger charge is -2.04. The largest absolute Gasteiger partial charge is 0.405 e. The minimum Gasteiger partial charge on any atom is -0.347 e. The molecule has 0 aromatic carbocycles. The highest BCUT2D eigenvalue weighted by Crippen LogP contribution is 2.14. The van der Waals surface area contributed by atoms with Gasteiger partial charge < -0.3 is 5.32 Å². The van der Waals surface area contributed by atoms with Gasteiger partial charge in [0.1, 0.15) is 6.54 Å². The Morgan fingerprint density at radius 2 is 1.71 bits per heavy atom. The van der Waals surface area contributed by atoms with E-state index in [4.69, 9.17) is 5.26 Å². The number of nitriles is 1. The minimum absolute atomic E-state index is 0.674. The van der Waals surface area contributed by atoms with E-state index >= 15 is 0 Å². The second kappa shape index (κ2) is 8.35. The number of halogens is 3. The molecular weight excluding hydrogens is 197 g/mol. The van der Waals surface area contributed by atoms with E-state index in [0.717, 1.165) is 6.92 Å². The third-order valence-corrected chi connectivity index (χ3v) is 0.891. The van der Waals surface area contributed by atoms with Gasteiger partial charge in [-0.15, -0.1) is 0 Å². The molecule has 0 unspecified atom stereocenters. The molecule has 0 aromatic heterocycles. The number of hydrogen-bond donors (Lipinski definition) is 1. The predicted molar refractivity (Wildman–Crippen MR) is 45.3 cm³/mol. The number of amides is 1. The molecule has 1 fully saturated rings. The van der Waals surface area contributed by atoms with Gasteiger partial charge in [-0.05, 0) is 0 Å². The van der Waals surface area contributed by atoms with Gasteiger partial charge in [-0.3, -0.25) is 4.79 Å². The van der Waals surface area contributed by atoms with Gasteiger partial charge in [-0.1, -0.05) is 19.3 Å². The second-order valence-electron chi connectivity index (χ2n) is 2.59. The molecule has 1 N–H and O–H groups in total. The van der Waals surface area contributed by atoms with Gasteiger partial charge in [0.2, 0.25) is 5.91 Å². The van der Waals surface area contributed by atoms with Crippen molar-refractivity contribution in [1.82, 2.24) is 5.32 Å². The molecule has 0 spiro atoms. The summed E-state index contributed by atoms with van der Waals surface area (Å²) in [6.07, 6.45) is 0.200. The molecular formula is C8H13F3N2O. The SMILES string of the molecule is C#N.C1CC1.CC(=O)NCC(F)(F)F. The topological polar surface area (TPSA) is 52.9 Å². The first-order valence-corrected chi connectivity index (χ1v) is 3.99. The number of nitrogens with zero attached hydrogens (tertiary/aromatic N) is 1. The normalized spacial score (nSPS) is 12.4. The van der Waals surface area contributed by atoms with Crippen molar-refractivity contribution < 1.29 is 18.0 Å². The van der Waals surface area contributed by atoms with E-state index in [9.17, 15) is 18.0 Å². The van der Waals surface area contributed by atoms with E-state index < -0.39 is 18.6 Å². The molecule has 0 saturated heterocycles. The van der Waals surface area contributed by atoms with Crippen LogP contribution in [0, 0.1) is 11.8 Å². The highest BCUT2D eigenvalue weighted by Gasteiger charge is 2.26. The molecule has 1 aliphatic rings. The van der Waals surface area contributed by atoms with Crippen molar-refractivity contribution in [2.24, 2.45) is 0 Å². The number of nitrogens with one attached hydrogen (secondary N) is 1. The van der Waals surface area contributed by atoms with Crippen LogP contribution in [0.15, 0.2) is 0 Å². The Labute approximate surface area is 80.9 Å². The van der Waals surface area contributed by atoms with E-state index in [0.29, 0.717) is 0 Å². The van der Waals surface area contributed by atoms with Crippen LogP contribution >= 0.6 is 0 Å². The highest BCUT2D eigenvalue weighted by atomic mass is 19.4. The Balaban J connectivity index is 0. The van der Waals surface area contributed by atoms with E-state index in [1.807, 2.05) is 0 Å². The van der Waals surface area contributed by atoms with Crippen LogP contribution in [0.2, 0.25) is 0 Å². The summed E-state index contributed by atoms with van der Waals surface area (Å²) in [4.78, 5) is 9.88. The summed E-state index contributed by atoms with van der Waals surface area (Å²) in [6, 6.07) is 0. The van der Waals surface area contributed by atoms with Crippen molar-refractivity contribution in [3.8, 4) is 6.57 Å². The van der Waals surface area contributed by atoms with Crippen molar-refractivity contribution >= 4 is 5.91 Å². The first-order chi connectivity index (χ1) is 6.42. The van der Waals surface area contributed by atoms with E-state index in [-0.39, 0.29) is 0 Å². The zero-order chi connectivity index (χ0) is 11.6. The Kier molecular flexibility index (Phi) is 9.09. The van der Waals surface area contributed by atoms with Crippen molar-refractivity contribution in [2.75, 3.05) is 6.54 Å². The zero-order valence-electron chi connectivity index (χ0n) is 7.90. The van der Waals surface area contributed by atoms with Gasteiger partial charge in [0.25, 0.3) is 0 Å². The fraction of sp³-hybridized carbons (Fsp3) is 0.750. The van der Waals surface area contributed by atoms with Gasteiger partial charge in [0.05, 0.1) is 0 Å². The van der Waals surface area contributed by atoms with Gasteiger partial charge >= 0.3 is 6.18 Å². The predicted octanol–water partition coefficient (Wildman–Crippen LogP) is 1.99. The van der Waals surface area contributed by atoms with Gasteiger partial charge in [0.15, 0.2) is 0 Å². The molecule has 0 heterocycles. The van der Waals surface area contributed by atoms with Crippen LogP contribution in [0.3, 0.4) is 0 Å². The minimum atomic E-state index is -4.30. The average molecular weight is 210 g/mol. The monoisotopic (exact) mass is 210 g/mol. The number of carbonyl (C=O) groups is 1. The van der Waals surface area contributed by atoms with Crippen molar-refractivity contribution in [3.63, 3.8) is 0 Å². The van der Waals surface area contributed by atoms with Gasteiger partial charge in [-0.25, -0.2) is 5.26 Å². The molecule has 0 aliphatic heterocycles.